The molecule has 0 aliphatic rings. The number of hydrogen-bond donors (Lipinski definition) is 0. The summed E-state index contributed by atoms with van der Waals surface area (Å²) in [5.74, 6) is 1.83. The van der Waals surface area contributed by atoms with E-state index < -0.39 is 0 Å². The first-order valence-electron chi connectivity index (χ1n) is 6.55. The van der Waals surface area contributed by atoms with E-state index >= 15 is 0 Å². The van der Waals surface area contributed by atoms with Gasteiger partial charge < -0.3 is 9.47 Å². The number of benzene rings is 2. The summed E-state index contributed by atoms with van der Waals surface area (Å²) in [5.41, 5.74) is 3.69. The van der Waals surface area contributed by atoms with Crippen molar-refractivity contribution >= 4 is 0 Å². The Kier molecular flexibility index (Phi) is 4.45. The van der Waals surface area contributed by atoms with Crippen molar-refractivity contribution in [1.29, 1.82) is 0 Å². The van der Waals surface area contributed by atoms with E-state index in [2.05, 4.69) is 32.9 Å². The minimum atomic E-state index is 0.552. The van der Waals surface area contributed by atoms with Crippen molar-refractivity contribution in [3.05, 3.63) is 59.2 Å². The molecule has 0 N–H and O–H groups in total. The molecule has 0 heterocycles. The number of ether oxygens (including phenoxy) is 2. The van der Waals surface area contributed by atoms with Crippen LogP contribution in [0, 0.1) is 20.8 Å². The molecular formula is C17H20O2. The summed E-state index contributed by atoms with van der Waals surface area (Å²) < 4.78 is 11.4. The van der Waals surface area contributed by atoms with Crippen LogP contribution in [0.4, 0.5) is 0 Å². The second kappa shape index (κ2) is 6.28. The normalized spacial score (nSPS) is 10.3. The third kappa shape index (κ3) is 3.75. The number of hydrogen-bond acceptors (Lipinski definition) is 2. The van der Waals surface area contributed by atoms with Gasteiger partial charge in [-0.2, -0.15) is 0 Å². The Morgan fingerprint density at radius 3 is 2.26 bits per heavy atom. The van der Waals surface area contributed by atoms with Crippen LogP contribution in [0.15, 0.2) is 42.5 Å². The predicted molar refractivity (Wildman–Crippen MR) is 78.1 cm³/mol. The Hall–Kier alpha value is -1.96. The minimum absolute atomic E-state index is 0.552. The summed E-state index contributed by atoms with van der Waals surface area (Å²) in [5, 5.41) is 0. The molecule has 0 bridgehead atoms. The summed E-state index contributed by atoms with van der Waals surface area (Å²) in [6.45, 7) is 7.38. The van der Waals surface area contributed by atoms with Gasteiger partial charge in [-0.3, -0.25) is 0 Å². The predicted octanol–water partition coefficient (Wildman–Crippen LogP) is 4.07. The van der Waals surface area contributed by atoms with Gasteiger partial charge in [0.2, 0.25) is 0 Å². The van der Waals surface area contributed by atoms with Crippen LogP contribution >= 0.6 is 0 Å². The maximum absolute atomic E-state index is 5.80. The van der Waals surface area contributed by atoms with E-state index in [0.29, 0.717) is 13.2 Å². The topological polar surface area (TPSA) is 18.5 Å². The average molecular weight is 256 g/mol. The molecule has 0 fully saturated rings. The zero-order valence-electron chi connectivity index (χ0n) is 11.8. The molecule has 19 heavy (non-hydrogen) atoms. The molecule has 0 saturated carbocycles. The molecule has 2 heteroatoms. The van der Waals surface area contributed by atoms with Crippen LogP contribution in [0.25, 0.3) is 0 Å². The standard InChI is InChI=1S/C17H20O2/c1-13-11-14(2)15(3)17(12-13)19-10-9-18-16-7-5-4-6-8-16/h4-8,11-12H,9-10H2,1-3H3. The molecule has 0 aromatic heterocycles. The lowest BCUT2D eigenvalue weighted by molar-refractivity contribution is 0.216. The van der Waals surface area contributed by atoms with Crippen molar-refractivity contribution in [1.82, 2.24) is 0 Å². The molecule has 0 radical (unpaired) electrons. The van der Waals surface area contributed by atoms with Crippen molar-refractivity contribution in [3.8, 4) is 11.5 Å². The smallest absolute Gasteiger partial charge is 0.122 e. The van der Waals surface area contributed by atoms with Crippen LogP contribution in [0.3, 0.4) is 0 Å². The van der Waals surface area contributed by atoms with Gasteiger partial charge in [0.1, 0.15) is 24.7 Å². The molecule has 0 atom stereocenters. The Labute approximate surface area is 115 Å². The van der Waals surface area contributed by atoms with E-state index in [9.17, 15) is 0 Å². The summed E-state index contributed by atoms with van der Waals surface area (Å²) in [6.07, 6.45) is 0. The highest BCUT2D eigenvalue weighted by molar-refractivity contribution is 5.41. The van der Waals surface area contributed by atoms with Gasteiger partial charge in [-0.05, 0) is 55.7 Å². The molecular weight excluding hydrogens is 236 g/mol. The van der Waals surface area contributed by atoms with Gasteiger partial charge in [-0.1, -0.05) is 24.3 Å². The van der Waals surface area contributed by atoms with Crippen LogP contribution in [-0.2, 0) is 0 Å². The summed E-state index contributed by atoms with van der Waals surface area (Å²) in [6, 6.07) is 14.0. The fourth-order valence-electron chi connectivity index (χ4n) is 1.98. The first-order chi connectivity index (χ1) is 9.16. The molecule has 0 aliphatic heterocycles. The van der Waals surface area contributed by atoms with Gasteiger partial charge in [0, 0.05) is 0 Å². The first-order valence-corrected chi connectivity index (χ1v) is 6.55. The Morgan fingerprint density at radius 2 is 1.53 bits per heavy atom. The van der Waals surface area contributed by atoms with Crippen molar-refractivity contribution in [3.63, 3.8) is 0 Å². The van der Waals surface area contributed by atoms with Gasteiger partial charge >= 0.3 is 0 Å². The van der Waals surface area contributed by atoms with Crippen LogP contribution in [0.5, 0.6) is 11.5 Å². The lowest BCUT2D eigenvalue weighted by atomic mass is 10.1. The van der Waals surface area contributed by atoms with E-state index in [4.69, 9.17) is 9.47 Å². The largest absolute Gasteiger partial charge is 0.490 e. The Morgan fingerprint density at radius 1 is 0.842 bits per heavy atom. The molecule has 2 rings (SSSR count). The highest BCUT2D eigenvalue weighted by Gasteiger charge is 2.03. The molecule has 2 aromatic rings. The molecule has 2 nitrogen and oxygen atoms in total. The summed E-state index contributed by atoms with van der Waals surface area (Å²) >= 11 is 0. The van der Waals surface area contributed by atoms with Crippen LogP contribution in [0.2, 0.25) is 0 Å². The average Bonchev–Trinajstić information content (AvgIpc) is 2.41. The molecule has 0 unspecified atom stereocenters. The fraction of sp³-hybridized carbons (Fsp3) is 0.294. The van der Waals surface area contributed by atoms with Gasteiger partial charge in [0.05, 0.1) is 0 Å². The Bertz CT molecular complexity index is 532. The zero-order valence-corrected chi connectivity index (χ0v) is 11.8. The van der Waals surface area contributed by atoms with Gasteiger partial charge in [-0.15, -0.1) is 0 Å². The lowest BCUT2D eigenvalue weighted by Crippen LogP contribution is -2.10. The van der Waals surface area contributed by atoms with E-state index in [1.807, 2.05) is 30.3 Å². The van der Waals surface area contributed by atoms with Crippen molar-refractivity contribution in [2.24, 2.45) is 0 Å². The SMILES string of the molecule is Cc1cc(C)c(C)c(OCCOc2ccccc2)c1. The number of para-hydroxylation sites is 1. The number of rotatable bonds is 5. The quantitative estimate of drug-likeness (QED) is 0.751. The van der Waals surface area contributed by atoms with Crippen molar-refractivity contribution in [2.75, 3.05) is 13.2 Å². The third-order valence-corrected chi connectivity index (χ3v) is 3.12. The molecule has 0 amide bonds. The molecule has 2 aromatic carbocycles. The molecule has 0 saturated heterocycles. The van der Waals surface area contributed by atoms with Crippen molar-refractivity contribution < 1.29 is 9.47 Å². The zero-order chi connectivity index (χ0) is 13.7. The van der Waals surface area contributed by atoms with Crippen LogP contribution in [0.1, 0.15) is 16.7 Å². The van der Waals surface area contributed by atoms with E-state index in [1.165, 1.54) is 16.7 Å². The highest BCUT2D eigenvalue weighted by atomic mass is 16.5. The minimum Gasteiger partial charge on any atom is -0.490 e. The summed E-state index contributed by atoms with van der Waals surface area (Å²) in [7, 11) is 0. The molecule has 0 aliphatic carbocycles. The maximum Gasteiger partial charge on any atom is 0.122 e. The second-order valence-electron chi connectivity index (χ2n) is 4.71. The van der Waals surface area contributed by atoms with Crippen LogP contribution in [-0.4, -0.2) is 13.2 Å². The summed E-state index contributed by atoms with van der Waals surface area (Å²) in [4.78, 5) is 0. The van der Waals surface area contributed by atoms with Gasteiger partial charge in [0.15, 0.2) is 0 Å². The maximum atomic E-state index is 5.80. The van der Waals surface area contributed by atoms with E-state index in [1.54, 1.807) is 0 Å². The first kappa shape index (κ1) is 13.5. The van der Waals surface area contributed by atoms with Gasteiger partial charge in [-0.25, -0.2) is 0 Å². The van der Waals surface area contributed by atoms with Gasteiger partial charge in [0.25, 0.3) is 0 Å². The Balaban J connectivity index is 1.86. The monoisotopic (exact) mass is 256 g/mol. The fourth-order valence-corrected chi connectivity index (χ4v) is 1.98. The lowest BCUT2D eigenvalue weighted by Gasteiger charge is -2.13. The molecule has 0 spiro atoms. The third-order valence-electron chi connectivity index (χ3n) is 3.12. The van der Waals surface area contributed by atoms with Crippen molar-refractivity contribution in [2.45, 2.75) is 20.8 Å². The van der Waals surface area contributed by atoms with E-state index in [0.717, 1.165) is 11.5 Å². The van der Waals surface area contributed by atoms with Crippen LogP contribution < -0.4 is 9.47 Å². The number of aryl methyl sites for hydroxylation is 2. The molecule has 100 valence electrons. The highest BCUT2D eigenvalue weighted by Crippen LogP contribution is 2.23. The van der Waals surface area contributed by atoms with E-state index in [-0.39, 0.29) is 0 Å². The second-order valence-corrected chi connectivity index (χ2v) is 4.71.